The first kappa shape index (κ1) is 21.7. The van der Waals surface area contributed by atoms with Gasteiger partial charge in [0.05, 0.1) is 19.9 Å². The Hall–Kier alpha value is -2.97. The molecule has 1 aliphatic rings. The molecule has 0 amide bonds. The lowest BCUT2D eigenvalue weighted by molar-refractivity contribution is 0.0521. The number of rotatable bonds is 3. The number of methoxy groups -OCH3 is 2. The molecule has 1 aliphatic heterocycles. The third kappa shape index (κ3) is 4.44. The molecule has 3 heterocycles. The van der Waals surface area contributed by atoms with Crippen molar-refractivity contribution in [3.8, 4) is 0 Å². The SMILES string of the molecule is COC1=N[C@H](C(C)C)C(OC)=N[C@H]1Cc1nn(C(=O)OC(C)(C)C)c2ncccc12. The van der Waals surface area contributed by atoms with Crippen LogP contribution in [0, 0.1) is 5.92 Å². The van der Waals surface area contributed by atoms with Crippen LogP contribution in [0.2, 0.25) is 0 Å². The number of pyridine rings is 1. The predicted molar refractivity (Wildman–Crippen MR) is 114 cm³/mol. The Balaban J connectivity index is 1.99. The van der Waals surface area contributed by atoms with Gasteiger partial charge in [-0.3, -0.25) is 0 Å². The maximum Gasteiger partial charge on any atom is 0.437 e. The molecule has 9 heteroatoms. The molecule has 2 aromatic rings. The van der Waals surface area contributed by atoms with E-state index in [9.17, 15) is 4.79 Å². The normalized spacial score (nSPS) is 19.5. The number of aliphatic imine (C=N–C) groups is 2. The summed E-state index contributed by atoms with van der Waals surface area (Å²) in [4.78, 5) is 26.4. The molecule has 0 spiro atoms. The van der Waals surface area contributed by atoms with Crippen LogP contribution < -0.4 is 0 Å². The van der Waals surface area contributed by atoms with Gasteiger partial charge in [-0.15, -0.1) is 4.68 Å². The Labute approximate surface area is 176 Å². The van der Waals surface area contributed by atoms with Crippen molar-refractivity contribution >= 4 is 28.9 Å². The van der Waals surface area contributed by atoms with Gasteiger partial charge in [-0.05, 0) is 38.8 Å². The fraction of sp³-hybridized carbons (Fsp3) is 0.571. The summed E-state index contributed by atoms with van der Waals surface area (Å²) in [6.07, 6.45) is 1.41. The average molecular weight is 415 g/mol. The van der Waals surface area contributed by atoms with Crippen LogP contribution >= 0.6 is 0 Å². The summed E-state index contributed by atoms with van der Waals surface area (Å²) in [5, 5.41) is 5.25. The van der Waals surface area contributed by atoms with E-state index in [2.05, 4.69) is 23.9 Å². The first-order valence-corrected chi connectivity index (χ1v) is 9.94. The van der Waals surface area contributed by atoms with E-state index < -0.39 is 17.7 Å². The Kier molecular flexibility index (Phi) is 6.09. The summed E-state index contributed by atoms with van der Waals surface area (Å²) >= 11 is 0. The highest BCUT2D eigenvalue weighted by Gasteiger charge is 2.32. The van der Waals surface area contributed by atoms with Gasteiger partial charge in [0.1, 0.15) is 17.7 Å². The van der Waals surface area contributed by atoms with Crippen molar-refractivity contribution in [2.75, 3.05) is 14.2 Å². The first-order valence-electron chi connectivity index (χ1n) is 9.94. The maximum atomic E-state index is 12.7. The quantitative estimate of drug-likeness (QED) is 0.763. The molecule has 0 fully saturated rings. The second-order valence-electron chi connectivity index (χ2n) is 8.47. The average Bonchev–Trinajstić information content (AvgIpc) is 3.05. The van der Waals surface area contributed by atoms with Gasteiger partial charge in [-0.1, -0.05) is 13.8 Å². The van der Waals surface area contributed by atoms with E-state index in [4.69, 9.17) is 24.2 Å². The van der Waals surface area contributed by atoms with E-state index in [0.29, 0.717) is 29.6 Å². The number of fused-ring (bicyclic) bond motifs is 1. The number of nitrogens with zero attached hydrogens (tertiary/aromatic N) is 5. The predicted octanol–water partition coefficient (Wildman–Crippen LogP) is 3.25. The van der Waals surface area contributed by atoms with Crippen LogP contribution in [-0.2, 0) is 20.6 Å². The van der Waals surface area contributed by atoms with Crippen molar-refractivity contribution in [2.24, 2.45) is 15.9 Å². The number of carbonyl (C=O) groups excluding carboxylic acids is 1. The van der Waals surface area contributed by atoms with E-state index in [1.54, 1.807) is 47.3 Å². The minimum Gasteiger partial charge on any atom is -0.483 e. The molecular weight excluding hydrogens is 386 g/mol. The van der Waals surface area contributed by atoms with Crippen LogP contribution in [0.3, 0.4) is 0 Å². The van der Waals surface area contributed by atoms with E-state index in [1.165, 1.54) is 4.68 Å². The monoisotopic (exact) mass is 415 g/mol. The summed E-state index contributed by atoms with van der Waals surface area (Å²) in [7, 11) is 3.17. The van der Waals surface area contributed by atoms with Gasteiger partial charge in [0, 0.05) is 18.0 Å². The molecule has 0 unspecified atom stereocenters. The molecule has 9 nitrogen and oxygen atoms in total. The molecule has 0 radical (unpaired) electrons. The van der Waals surface area contributed by atoms with Gasteiger partial charge in [0.25, 0.3) is 0 Å². The fourth-order valence-corrected chi connectivity index (χ4v) is 3.27. The zero-order valence-electron chi connectivity index (χ0n) is 18.5. The molecule has 0 N–H and O–H groups in total. The summed E-state index contributed by atoms with van der Waals surface area (Å²) in [5.74, 6) is 1.29. The van der Waals surface area contributed by atoms with Crippen molar-refractivity contribution in [3.05, 3.63) is 24.0 Å². The number of ether oxygens (including phenoxy) is 3. The highest BCUT2D eigenvalue weighted by molar-refractivity contribution is 5.95. The smallest absolute Gasteiger partial charge is 0.437 e. The molecule has 0 saturated carbocycles. The topological polar surface area (TPSA) is 100 Å². The molecule has 0 aromatic carbocycles. The Bertz CT molecular complexity index is 987. The second kappa shape index (κ2) is 8.41. The largest absolute Gasteiger partial charge is 0.483 e. The van der Waals surface area contributed by atoms with E-state index in [0.717, 1.165) is 5.39 Å². The summed E-state index contributed by atoms with van der Waals surface area (Å²) in [6, 6.07) is 3.07. The molecule has 2 atom stereocenters. The molecule has 162 valence electrons. The van der Waals surface area contributed by atoms with E-state index in [-0.39, 0.29) is 12.0 Å². The van der Waals surface area contributed by atoms with Gasteiger partial charge >= 0.3 is 6.09 Å². The van der Waals surface area contributed by atoms with Gasteiger partial charge in [-0.25, -0.2) is 19.8 Å². The second-order valence-corrected chi connectivity index (χ2v) is 8.47. The molecule has 3 rings (SSSR count). The van der Waals surface area contributed by atoms with Crippen molar-refractivity contribution in [1.82, 2.24) is 14.8 Å². The number of hydrogen-bond donors (Lipinski definition) is 0. The summed E-state index contributed by atoms with van der Waals surface area (Å²) in [6.45, 7) is 9.53. The Morgan fingerprint density at radius 3 is 2.47 bits per heavy atom. The lowest BCUT2D eigenvalue weighted by Gasteiger charge is -2.26. The highest BCUT2D eigenvalue weighted by atomic mass is 16.6. The maximum absolute atomic E-state index is 12.7. The van der Waals surface area contributed by atoms with Crippen molar-refractivity contribution < 1.29 is 19.0 Å². The van der Waals surface area contributed by atoms with Crippen LogP contribution in [0.1, 0.15) is 40.3 Å². The van der Waals surface area contributed by atoms with Gasteiger partial charge in [0.15, 0.2) is 5.65 Å². The number of carbonyl (C=O) groups is 1. The third-order valence-corrected chi connectivity index (χ3v) is 4.61. The lowest BCUT2D eigenvalue weighted by atomic mass is 10.0. The molecule has 2 aromatic heterocycles. The van der Waals surface area contributed by atoms with Crippen LogP contribution in [0.15, 0.2) is 28.3 Å². The van der Waals surface area contributed by atoms with Crippen LogP contribution in [0.4, 0.5) is 4.79 Å². The first-order chi connectivity index (χ1) is 14.1. The highest BCUT2D eigenvalue weighted by Crippen LogP contribution is 2.24. The number of aromatic nitrogens is 3. The van der Waals surface area contributed by atoms with Crippen LogP contribution in [0.5, 0.6) is 0 Å². The Morgan fingerprint density at radius 2 is 1.87 bits per heavy atom. The van der Waals surface area contributed by atoms with Gasteiger partial charge < -0.3 is 14.2 Å². The minimum atomic E-state index is -0.646. The van der Waals surface area contributed by atoms with Crippen molar-refractivity contribution in [3.63, 3.8) is 0 Å². The fourth-order valence-electron chi connectivity index (χ4n) is 3.27. The zero-order valence-corrected chi connectivity index (χ0v) is 18.5. The molecule has 0 saturated heterocycles. The van der Waals surface area contributed by atoms with E-state index >= 15 is 0 Å². The molecular formula is C21H29N5O4. The van der Waals surface area contributed by atoms with E-state index in [1.807, 2.05) is 6.07 Å². The number of hydrogen-bond acceptors (Lipinski definition) is 8. The lowest BCUT2D eigenvalue weighted by Crippen LogP contribution is -2.38. The van der Waals surface area contributed by atoms with Crippen LogP contribution in [0.25, 0.3) is 11.0 Å². The minimum absolute atomic E-state index is 0.195. The third-order valence-electron chi connectivity index (χ3n) is 4.61. The molecule has 0 bridgehead atoms. The molecule has 30 heavy (non-hydrogen) atoms. The van der Waals surface area contributed by atoms with Gasteiger partial charge in [-0.2, -0.15) is 5.10 Å². The van der Waals surface area contributed by atoms with Gasteiger partial charge in [0.2, 0.25) is 11.8 Å². The molecule has 0 aliphatic carbocycles. The standard InChI is InChI=1S/C21H29N5O4/c1-12(2)16-19(29-7)23-15(18(24-16)28-6)11-14-13-9-8-10-22-17(13)26(25-14)20(27)30-21(3,4)5/h8-10,12,15-16H,11H2,1-7H3/t15-,16+/m0/s1. The zero-order chi connectivity index (χ0) is 22.1. The van der Waals surface area contributed by atoms with Crippen molar-refractivity contribution in [2.45, 2.75) is 58.7 Å². The van der Waals surface area contributed by atoms with Crippen molar-refractivity contribution in [1.29, 1.82) is 0 Å². The summed E-state index contributed by atoms with van der Waals surface area (Å²) < 4.78 is 17.7. The van der Waals surface area contributed by atoms with Crippen LogP contribution in [-0.4, -0.2) is 64.6 Å². The Morgan fingerprint density at radius 1 is 1.17 bits per heavy atom. The summed E-state index contributed by atoms with van der Waals surface area (Å²) in [5.41, 5.74) is 0.443.